The van der Waals surface area contributed by atoms with Crippen molar-refractivity contribution in [3.63, 3.8) is 0 Å². The summed E-state index contributed by atoms with van der Waals surface area (Å²) in [4.78, 5) is 28.4. The van der Waals surface area contributed by atoms with Gasteiger partial charge in [0.25, 0.3) is 5.91 Å². The molecule has 0 saturated heterocycles. The van der Waals surface area contributed by atoms with Crippen LogP contribution in [0.4, 0.5) is 0 Å². The molecule has 35 heavy (non-hydrogen) atoms. The Hall–Kier alpha value is -2.54. The van der Waals surface area contributed by atoms with Crippen LogP contribution in [0.2, 0.25) is 10.0 Å². The van der Waals surface area contributed by atoms with Gasteiger partial charge in [-0.25, -0.2) is 0 Å². The highest BCUT2D eigenvalue weighted by atomic mass is 79.9. The summed E-state index contributed by atoms with van der Waals surface area (Å²) in [6, 6.07) is 21.2. The summed E-state index contributed by atoms with van der Waals surface area (Å²) >= 11 is 15.7. The van der Waals surface area contributed by atoms with Gasteiger partial charge in [-0.05, 0) is 55.3 Å². The van der Waals surface area contributed by atoms with Crippen molar-refractivity contribution in [1.82, 2.24) is 10.2 Å². The minimum atomic E-state index is -0.744. The van der Waals surface area contributed by atoms with Gasteiger partial charge in [0, 0.05) is 28.5 Å². The molecule has 5 nitrogen and oxygen atoms in total. The first kappa shape index (κ1) is 27.1. The molecule has 1 atom stereocenters. The molecule has 0 saturated carbocycles. The summed E-state index contributed by atoms with van der Waals surface area (Å²) in [6.45, 7) is 3.73. The van der Waals surface area contributed by atoms with Crippen molar-refractivity contribution in [2.45, 2.75) is 38.9 Å². The Balaban J connectivity index is 1.91. The monoisotopic (exact) mass is 576 g/mol. The largest absolute Gasteiger partial charge is 0.482 e. The van der Waals surface area contributed by atoms with E-state index < -0.39 is 6.04 Å². The minimum Gasteiger partial charge on any atom is -0.482 e. The third-order valence-corrected chi connectivity index (χ3v) is 6.25. The van der Waals surface area contributed by atoms with Gasteiger partial charge in [-0.1, -0.05) is 81.6 Å². The lowest BCUT2D eigenvalue weighted by molar-refractivity contribution is -0.143. The molecule has 0 aliphatic rings. The summed E-state index contributed by atoms with van der Waals surface area (Å²) in [5, 5.41) is 3.94. The van der Waals surface area contributed by atoms with Gasteiger partial charge in [0.2, 0.25) is 5.91 Å². The fraction of sp³-hybridized carbons (Fsp3) is 0.259. The number of carbonyl (C=O) groups excluding carboxylic acids is 2. The van der Waals surface area contributed by atoms with Gasteiger partial charge >= 0.3 is 0 Å². The second-order valence-electron chi connectivity index (χ2n) is 8.38. The zero-order valence-corrected chi connectivity index (χ0v) is 22.6. The number of ether oxygens (including phenoxy) is 1. The molecule has 3 rings (SSSR count). The van der Waals surface area contributed by atoms with E-state index in [-0.39, 0.29) is 31.0 Å². The van der Waals surface area contributed by atoms with Gasteiger partial charge < -0.3 is 15.0 Å². The minimum absolute atomic E-state index is 0.0777. The van der Waals surface area contributed by atoms with Gasteiger partial charge in [0.1, 0.15) is 11.8 Å². The molecule has 0 fully saturated rings. The molecule has 0 unspecified atom stereocenters. The third kappa shape index (κ3) is 8.27. The second kappa shape index (κ2) is 13.0. The fourth-order valence-electron chi connectivity index (χ4n) is 3.54. The van der Waals surface area contributed by atoms with E-state index in [0.29, 0.717) is 22.2 Å². The van der Waals surface area contributed by atoms with E-state index in [0.717, 1.165) is 15.6 Å². The van der Waals surface area contributed by atoms with E-state index in [1.54, 1.807) is 35.2 Å². The van der Waals surface area contributed by atoms with Gasteiger partial charge in [-0.3, -0.25) is 9.59 Å². The topological polar surface area (TPSA) is 58.6 Å². The molecular weight excluding hydrogens is 551 g/mol. The number of nitrogens with one attached hydrogen (secondary N) is 1. The maximum Gasteiger partial charge on any atom is 0.261 e. The van der Waals surface area contributed by atoms with Crippen molar-refractivity contribution < 1.29 is 14.3 Å². The van der Waals surface area contributed by atoms with Crippen LogP contribution in [0.15, 0.2) is 77.3 Å². The van der Waals surface area contributed by atoms with Crippen molar-refractivity contribution in [2.75, 3.05) is 6.61 Å². The van der Waals surface area contributed by atoms with Crippen LogP contribution in [-0.4, -0.2) is 35.4 Å². The number of rotatable bonds is 10. The fourth-order valence-corrected chi connectivity index (χ4v) is 4.39. The lowest BCUT2D eigenvalue weighted by atomic mass is 10.0. The van der Waals surface area contributed by atoms with Gasteiger partial charge in [-0.15, -0.1) is 0 Å². The highest BCUT2D eigenvalue weighted by molar-refractivity contribution is 9.10. The molecule has 0 aliphatic carbocycles. The molecule has 2 amide bonds. The van der Waals surface area contributed by atoms with E-state index >= 15 is 0 Å². The third-order valence-electron chi connectivity index (χ3n) is 5.21. The number of benzene rings is 3. The van der Waals surface area contributed by atoms with Crippen molar-refractivity contribution in [3.05, 3.63) is 98.4 Å². The predicted molar refractivity (Wildman–Crippen MR) is 144 cm³/mol. The normalized spacial score (nSPS) is 11.7. The Morgan fingerprint density at radius 3 is 2.29 bits per heavy atom. The second-order valence-corrected chi connectivity index (χ2v) is 10.1. The molecule has 184 valence electrons. The Labute approximate surface area is 224 Å². The van der Waals surface area contributed by atoms with E-state index in [2.05, 4.69) is 21.2 Å². The molecule has 0 heterocycles. The summed E-state index contributed by atoms with van der Waals surface area (Å²) in [5.74, 6) is -0.174. The van der Waals surface area contributed by atoms with Crippen LogP contribution in [-0.2, 0) is 22.6 Å². The Kier molecular flexibility index (Phi) is 10.0. The van der Waals surface area contributed by atoms with Crippen molar-refractivity contribution >= 4 is 50.9 Å². The molecule has 1 N–H and O–H groups in total. The van der Waals surface area contributed by atoms with Crippen LogP contribution >= 0.6 is 39.1 Å². The highest BCUT2D eigenvalue weighted by Gasteiger charge is 2.31. The summed E-state index contributed by atoms with van der Waals surface area (Å²) in [7, 11) is 0. The van der Waals surface area contributed by atoms with E-state index in [9.17, 15) is 9.59 Å². The Bertz CT molecular complexity index is 1140. The number of nitrogens with zero attached hydrogens (tertiary/aromatic N) is 1. The predicted octanol–water partition coefficient (Wildman–Crippen LogP) is 6.30. The Morgan fingerprint density at radius 1 is 0.971 bits per heavy atom. The smallest absolute Gasteiger partial charge is 0.261 e. The van der Waals surface area contributed by atoms with Gasteiger partial charge in [0.15, 0.2) is 6.61 Å². The molecule has 8 heteroatoms. The van der Waals surface area contributed by atoms with Crippen molar-refractivity contribution in [2.24, 2.45) is 0 Å². The first-order valence-corrected chi connectivity index (χ1v) is 12.7. The van der Waals surface area contributed by atoms with Crippen molar-refractivity contribution in [1.29, 1.82) is 0 Å². The molecular formula is C27H27BrCl2N2O3. The first-order chi connectivity index (χ1) is 16.7. The lowest BCUT2D eigenvalue weighted by Crippen LogP contribution is -2.52. The molecule has 3 aromatic rings. The van der Waals surface area contributed by atoms with Crippen LogP contribution in [0.1, 0.15) is 25.0 Å². The zero-order chi connectivity index (χ0) is 25.4. The van der Waals surface area contributed by atoms with Crippen LogP contribution in [0, 0.1) is 0 Å². The van der Waals surface area contributed by atoms with E-state index in [1.165, 1.54) is 0 Å². The number of halogens is 3. The summed E-state index contributed by atoms with van der Waals surface area (Å²) < 4.78 is 6.56. The van der Waals surface area contributed by atoms with Gasteiger partial charge in [0.05, 0.1) is 5.02 Å². The van der Waals surface area contributed by atoms with Crippen LogP contribution in [0.25, 0.3) is 0 Å². The molecule has 0 aliphatic heterocycles. The SMILES string of the molecule is CC(C)NC(=O)[C@@H](Cc1ccccc1)N(Cc1ccc(Cl)cc1)C(=O)COc1ccc(Br)cc1Cl. The molecule has 0 spiro atoms. The summed E-state index contributed by atoms with van der Waals surface area (Å²) in [5.41, 5.74) is 1.79. The molecule has 3 aromatic carbocycles. The zero-order valence-electron chi connectivity index (χ0n) is 19.5. The van der Waals surface area contributed by atoms with Gasteiger partial charge in [-0.2, -0.15) is 0 Å². The number of carbonyl (C=O) groups is 2. The quantitative estimate of drug-likeness (QED) is 0.308. The highest BCUT2D eigenvalue weighted by Crippen LogP contribution is 2.28. The van der Waals surface area contributed by atoms with Crippen LogP contribution < -0.4 is 10.1 Å². The standard InChI is InChI=1S/C27H27BrCl2N2O3/c1-18(2)31-27(34)24(14-19-6-4-3-5-7-19)32(16-20-8-11-22(29)12-9-20)26(33)17-35-25-13-10-21(28)15-23(25)30/h3-13,15,18,24H,14,16-17H2,1-2H3,(H,31,34)/t24-/m1/s1. The molecule has 0 bridgehead atoms. The van der Waals surface area contributed by atoms with Crippen LogP contribution in [0.5, 0.6) is 5.75 Å². The summed E-state index contributed by atoms with van der Waals surface area (Å²) in [6.07, 6.45) is 0.359. The van der Waals surface area contributed by atoms with E-state index in [4.69, 9.17) is 27.9 Å². The van der Waals surface area contributed by atoms with Crippen molar-refractivity contribution in [3.8, 4) is 5.75 Å². The number of hydrogen-bond donors (Lipinski definition) is 1. The maximum atomic E-state index is 13.5. The molecule has 0 aromatic heterocycles. The van der Waals surface area contributed by atoms with Crippen LogP contribution in [0.3, 0.4) is 0 Å². The first-order valence-electron chi connectivity index (χ1n) is 11.2. The Morgan fingerprint density at radius 2 is 1.66 bits per heavy atom. The maximum absolute atomic E-state index is 13.5. The lowest BCUT2D eigenvalue weighted by Gasteiger charge is -2.32. The average Bonchev–Trinajstić information content (AvgIpc) is 2.82. The average molecular weight is 578 g/mol. The molecule has 0 radical (unpaired) electrons. The number of amides is 2. The number of hydrogen-bond acceptors (Lipinski definition) is 3. The van der Waals surface area contributed by atoms with E-state index in [1.807, 2.05) is 56.3 Å².